The minimum Gasteiger partial charge on any atom is -0.313 e. The van der Waals surface area contributed by atoms with Crippen molar-refractivity contribution in [3.05, 3.63) is 30.1 Å². The molecular weight excluding hydrogens is 315 g/mol. The van der Waals surface area contributed by atoms with Crippen molar-refractivity contribution in [1.29, 1.82) is 0 Å². The number of benzene rings is 1. The smallest absolute Gasteiger partial charge is 0.244 e. The summed E-state index contributed by atoms with van der Waals surface area (Å²) in [6.45, 7) is 1.32. The number of amidine groups is 1. The maximum Gasteiger partial charge on any atom is 0.244 e. The van der Waals surface area contributed by atoms with Crippen LogP contribution in [0.4, 0.5) is 10.1 Å². The summed E-state index contributed by atoms with van der Waals surface area (Å²) in [5.74, 6) is -0.860. The van der Waals surface area contributed by atoms with Crippen LogP contribution >= 0.6 is 11.8 Å². The summed E-state index contributed by atoms with van der Waals surface area (Å²) in [5.41, 5.74) is 0.259. The number of halogens is 1. The summed E-state index contributed by atoms with van der Waals surface area (Å²) < 4.78 is 37.7. The van der Waals surface area contributed by atoms with Crippen LogP contribution in [-0.4, -0.2) is 42.3 Å². The van der Waals surface area contributed by atoms with Gasteiger partial charge in [0.25, 0.3) is 0 Å². The lowest BCUT2D eigenvalue weighted by Gasteiger charge is -2.24. The fraction of sp³-hybridized carbons (Fsp3) is 0.385. The zero-order chi connectivity index (χ0) is 15.2. The Balaban J connectivity index is 2.07. The van der Waals surface area contributed by atoms with E-state index in [-0.39, 0.29) is 34.4 Å². The number of carbonyl (C=O) groups is 1. The number of para-hydroxylation sites is 1. The van der Waals surface area contributed by atoms with Gasteiger partial charge in [0, 0.05) is 12.2 Å². The van der Waals surface area contributed by atoms with Gasteiger partial charge >= 0.3 is 0 Å². The van der Waals surface area contributed by atoms with Gasteiger partial charge in [-0.1, -0.05) is 23.9 Å². The van der Waals surface area contributed by atoms with Gasteiger partial charge in [0.15, 0.2) is 15.0 Å². The van der Waals surface area contributed by atoms with E-state index in [1.54, 1.807) is 23.1 Å². The Hall–Kier alpha value is -1.41. The highest BCUT2D eigenvalue weighted by molar-refractivity contribution is 8.16. The van der Waals surface area contributed by atoms with Crippen LogP contribution in [-0.2, 0) is 14.6 Å². The molecule has 2 heterocycles. The Morgan fingerprint density at radius 3 is 2.76 bits per heavy atom. The molecular formula is C13H13FN2O3S2. The molecule has 21 heavy (non-hydrogen) atoms. The Kier molecular flexibility index (Phi) is 3.53. The molecule has 2 aliphatic rings. The van der Waals surface area contributed by atoms with Crippen molar-refractivity contribution in [2.45, 2.75) is 18.2 Å². The Morgan fingerprint density at radius 1 is 1.38 bits per heavy atom. The third kappa shape index (κ3) is 2.69. The second kappa shape index (κ2) is 5.10. The Bertz CT molecular complexity index is 733. The number of carbonyl (C=O) groups excluding carboxylic acids is 1. The number of nitrogens with zero attached hydrogens (tertiary/aromatic N) is 2. The second-order valence-electron chi connectivity index (χ2n) is 5.04. The summed E-state index contributed by atoms with van der Waals surface area (Å²) in [7, 11) is -3.14. The monoisotopic (exact) mass is 328 g/mol. The van der Waals surface area contributed by atoms with Crippen LogP contribution in [0, 0.1) is 5.82 Å². The van der Waals surface area contributed by atoms with Crippen molar-refractivity contribution in [3.63, 3.8) is 0 Å². The van der Waals surface area contributed by atoms with E-state index in [1.807, 2.05) is 0 Å². The van der Waals surface area contributed by atoms with Crippen LogP contribution in [0.25, 0.3) is 0 Å². The molecule has 0 aliphatic carbocycles. The molecule has 0 bridgehead atoms. The summed E-state index contributed by atoms with van der Waals surface area (Å²) >= 11 is 1.23. The Morgan fingerprint density at radius 2 is 2.10 bits per heavy atom. The van der Waals surface area contributed by atoms with E-state index in [4.69, 9.17) is 0 Å². The summed E-state index contributed by atoms with van der Waals surface area (Å²) in [5, 5.41) is 0.158. The number of sulfone groups is 1. The first kappa shape index (κ1) is 14.5. The van der Waals surface area contributed by atoms with Crippen LogP contribution < -0.4 is 4.90 Å². The minimum absolute atomic E-state index is 0.0320. The van der Waals surface area contributed by atoms with Crippen LogP contribution in [0.3, 0.4) is 0 Å². The molecule has 1 aromatic rings. The average molecular weight is 328 g/mol. The van der Waals surface area contributed by atoms with Crippen molar-refractivity contribution in [2.75, 3.05) is 16.4 Å². The van der Waals surface area contributed by atoms with Gasteiger partial charge in [-0.15, -0.1) is 0 Å². The van der Waals surface area contributed by atoms with Gasteiger partial charge in [0.2, 0.25) is 5.91 Å². The van der Waals surface area contributed by atoms with Crippen LogP contribution in [0.1, 0.15) is 6.92 Å². The zero-order valence-corrected chi connectivity index (χ0v) is 12.8. The summed E-state index contributed by atoms with van der Waals surface area (Å²) in [6.07, 6.45) is 0. The number of thioether (sulfide) groups is 1. The van der Waals surface area contributed by atoms with Crippen LogP contribution in [0.2, 0.25) is 0 Å². The molecule has 0 aromatic heterocycles. The van der Waals surface area contributed by atoms with E-state index in [0.717, 1.165) is 0 Å². The summed E-state index contributed by atoms with van der Waals surface area (Å²) in [4.78, 5) is 16.7. The lowest BCUT2D eigenvalue weighted by molar-refractivity contribution is -0.115. The molecule has 2 aliphatic heterocycles. The summed E-state index contributed by atoms with van der Waals surface area (Å²) in [6, 6.07) is 5.73. The fourth-order valence-electron chi connectivity index (χ4n) is 2.63. The first-order chi connectivity index (χ1) is 9.87. The number of amides is 1. The lowest BCUT2D eigenvalue weighted by atomic mass is 10.2. The van der Waals surface area contributed by atoms with Crippen molar-refractivity contribution in [1.82, 2.24) is 0 Å². The maximum absolute atomic E-state index is 14.1. The predicted molar refractivity (Wildman–Crippen MR) is 80.8 cm³/mol. The maximum atomic E-state index is 14.1. The van der Waals surface area contributed by atoms with E-state index in [2.05, 4.69) is 4.99 Å². The van der Waals surface area contributed by atoms with E-state index in [9.17, 15) is 17.6 Å². The molecule has 0 spiro atoms. The van der Waals surface area contributed by atoms with Gasteiger partial charge < -0.3 is 4.90 Å². The molecule has 1 amide bonds. The molecule has 0 saturated carbocycles. The molecule has 5 nitrogen and oxygen atoms in total. The van der Waals surface area contributed by atoms with E-state index in [0.29, 0.717) is 5.17 Å². The number of aliphatic imine (C=N–C) groups is 1. The molecule has 2 atom stereocenters. The molecule has 0 radical (unpaired) electrons. The molecule has 1 aromatic carbocycles. The van der Waals surface area contributed by atoms with E-state index in [1.165, 1.54) is 24.8 Å². The van der Waals surface area contributed by atoms with Crippen molar-refractivity contribution in [2.24, 2.45) is 4.99 Å². The largest absolute Gasteiger partial charge is 0.313 e. The highest BCUT2D eigenvalue weighted by atomic mass is 32.2. The van der Waals surface area contributed by atoms with Crippen molar-refractivity contribution in [3.8, 4) is 0 Å². The highest BCUT2D eigenvalue weighted by Crippen LogP contribution is 2.41. The van der Waals surface area contributed by atoms with Gasteiger partial charge in [0.1, 0.15) is 5.82 Å². The van der Waals surface area contributed by atoms with Gasteiger partial charge in [-0.25, -0.2) is 12.8 Å². The average Bonchev–Trinajstić information content (AvgIpc) is 2.81. The number of anilines is 1. The molecule has 0 unspecified atom stereocenters. The van der Waals surface area contributed by atoms with Gasteiger partial charge in [-0.05, 0) is 12.1 Å². The predicted octanol–water partition coefficient (Wildman–Crippen LogP) is 1.45. The first-order valence-electron chi connectivity index (χ1n) is 6.37. The molecule has 2 fully saturated rings. The third-order valence-electron chi connectivity index (χ3n) is 3.43. The van der Waals surface area contributed by atoms with Crippen molar-refractivity contribution >= 4 is 38.4 Å². The molecule has 112 valence electrons. The molecule has 2 saturated heterocycles. The highest BCUT2D eigenvalue weighted by Gasteiger charge is 2.49. The van der Waals surface area contributed by atoms with Crippen LogP contribution in [0.5, 0.6) is 0 Å². The number of hydrogen-bond donors (Lipinski definition) is 0. The third-order valence-corrected chi connectivity index (χ3v) is 6.64. The van der Waals surface area contributed by atoms with Gasteiger partial charge in [-0.3, -0.25) is 4.79 Å². The molecule has 3 rings (SSSR count). The number of fused-ring (bicyclic) bond motifs is 1. The standard InChI is InChI=1S/C13H13FN2O3S2/c1-8(17)15-13-16(10-5-3-2-4-9(10)14)11-6-21(18,19)7-12(11)20-13/h2-5,11-12H,6-7H2,1H3/t11-,12-/m0/s1. The SMILES string of the molecule is CC(=O)N=C1S[C@H]2CS(=O)(=O)C[C@@H]2N1c1ccccc1F. The first-order valence-corrected chi connectivity index (χ1v) is 9.07. The van der Waals surface area contributed by atoms with Crippen molar-refractivity contribution < 1.29 is 17.6 Å². The normalized spacial score (nSPS) is 28.9. The minimum atomic E-state index is -3.14. The van der Waals surface area contributed by atoms with E-state index >= 15 is 0 Å². The Labute approximate surface area is 126 Å². The van der Waals surface area contributed by atoms with Gasteiger partial charge in [-0.2, -0.15) is 4.99 Å². The molecule has 8 heteroatoms. The van der Waals surface area contributed by atoms with E-state index < -0.39 is 15.7 Å². The van der Waals surface area contributed by atoms with Crippen LogP contribution in [0.15, 0.2) is 29.3 Å². The number of hydrogen-bond acceptors (Lipinski definition) is 4. The quantitative estimate of drug-likeness (QED) is 0.780. The fourth-order valence-corrected chi connectivity index (χ4v) is 6.58. The lowest BCUT2D eigenvalue weighted by Crippen LogP contribution is -2.38. The topological polar surface area (TPSA) is 66.8 Å². The molecule has 0 N–H and O–H groups in total. The zero-order valence-electron chi connectivity index (χ0n) is 11.2. The second-order valence-corrected chi connectivity index (χ2v) is 8.40. The number of rotatable bonds is 1. The van der Waals surface area contributed by atoms with Gasteiger partial charge in [0.05, 0.1) is 23.2 Å².